The molecule has 0 aliphatic heterocycles. The maximum Gasteiger partial charge on any atom is 0.0270 e. The summed E-state index contributed by atoms with van der Waals surface area (Å²) in [6.07, 6.45) is 4.97. The van der Waals surface area contributed by atoms with E-state index in [-0.39, 0.29) is 5.92 Å². The largest absolute Gasteiger partial charge is 0.120 e. The van der Waals surface area contributed by atoms with Crippen molar-refractivity contribution in [3.63, 3.8) is 0 Å². The third kappa shape index (κ3) is 2.17. The van der Waals surface area contributed by atoms with Crippen LogP contribution in [-0.4, -0.2) is 5.75 Å². The lowest BCUT2D eigenvalue weighted by Gasteiger charge is -1.89. The van der Waals surface area contributed by atoms with Gasteiger partial charge in [-0.25, -0.2) is 0 Å². The fraction of sp³-hybridized carbons (Fsp3) is 0.600. The van der Waals surface area contributed by atoms with Crippen LogP contribution >= 0.6 is 12.6 Å². The molecule has 0 aliphatic rings. The highest BCUT2D eigenvalue weighted by Gasteiger charge is 1.86. The lowest BCUT2D eigenvalue weighted by Crippen LogP contribution is -1.87. The van der Waals surface area contributed by atoms with Crippen LogP contribution in [0.15, 0.2) is 0 Å². The van der Waals surface area contributed by atoms with Gasteiger partial charge in [0.05, 0.1) is 0 Å². The Balaban J connectivity index is 3.04. The van der Waals surface area contributed by atoms with Gasteiger partial charge in [-0.05, 0) is 0 Å². The molecular formula is C5H7S. The maximum atomic E-state index is 4.97. The van der Waals surface area contributed by atoms with E-state index in [0.717, 1.165) is 0 Å². The Bertz CT molecular complexity index is 60.8. The summed E-state index contributed by atoms with van der Waals surface area (Å²) in [7, 11) is 0. The Morgan fingerprint density at radius 3 is 2.50 bits per heavy atom. The van der Waals surface area contributed by atoms with E-state index in [4.69, 9.17) is 6.42 Å². The minimum atomic E-state index is 0.278. The normalized spacial score (nSPS) is 12.8. The van der Waals surface area contributed by atoms with Gasteiger partial charge in [0.15, 0.2) is 0 Å². The topological polar surface area (TPSA) is 0 Å². The number of rotatable bonds is 1. The van der Waals surface area contributed by atoms with Crippen molar-refractivity contribution in [3.05, 3.63) is 0 Å². The zero-order chi connectivity index (χ0) is 4.99. The summed E-state index contributed by atoms with van der Waals surface area (Å²) in [4.78, 5) is 0. The molecule has 0 fully saturated rings. The standard InChI is InChI=1S/C5H7S/c1-3-5(2)4-6/h1,5H,4H2,2H3. The van der Waals surface area contributed by atoms with Crippen LogP contribution in [0.1, 0.15) is 6.92 Å². The van der Waals surface area contributed by atoms with Crippen molar-refractivity contribution in [1.29, 1.82) is 0 Å². The van der Waals surface area contributed by atoms with E-state index in [1.165, 1.54) is 0 Å². The smallest absolute Gasteiger partial charge is 0.0270 e. The first kappa shape index (κ1) is 5.91. The highest BCUT2D eigenvalue weighted by Crippen LogP contribution is 1.91. The zero-order valence-electron chi connectivity index (χ0n) is 3.77. The lowest BCUT2D eigenvalue weighted by molar-refractivity contribution is 0.887. The molecule has 33 valence electrons. The molecular weight excluding hydrogens is 92.1 g/mol. The van der Waals surface area contributed by atoms with Gasteiger partial charge in [-0.1, -0.05) is 19.6 Å². The molecule has 0 saturated heterocycles. The van der Waals surface area contributed by atoms with Crippen LogP contribution in [0.2, 0.25) is 0 Å². The minimum Gasteiger partial charge on any atom is -0.120 e. The summed E-state index contributed by atoms with van der Waals surface area (Å²) in [5.41, 5.74) is 0. The first-order valence-electron chi connectivity index (χ1n) is 1.85. The minimum absolute atomic E-state index is 0.278. The van der Waals surface area contributed by atoms with Crippen molar-refractivity contribution in [2.24, 2.45) is 5.92 Å². The molecule has 0 aromatic rings. The Morgan fingerprint density at radius 2 is 2.50 bits per heavy atom. The van der Waals surface area contributed by atoms with Crippen molar-refractivity contribution >= 4 is 12.6 Å². The number of hydrogen-bond donors (Lipinski definition) is 0. The van der Waals surface area contributed by atoms with Crippen LogP contribution in [0.5, 0.6) is 0 Å². The van der Waals surface area contributed by atoms with Crippen LogP contribution in [0.4, 0.5) is 0 Å². The quantitative estimate of drug-likeness (QED) is 0.436. The molecule has 0 amide bonds. The second-order valence-electron chi connectivity index (χ2n) is 1.23. The Labute approximate surface area is 44.4 Å². The third-order valence-electron chi connectivity index (χ3n) is 0.535. The maximum absolute atomic E-state index is 4.97. The Hall–Kier alpha value is -0.0900. The van der Waals surface area contributed by atoms with E-state index < -0.39 is 0 Å². The fourth-order valence-electron chi connectivity index (χ4n) is 0.0481. The predicted molar refractivity (Wildman–Crippen MR) is 30.5 cm³/mol. The molecule has 0 aromatic heterocycles. The van der Waals surface area contributed by atoms with Gasteiger partial charge in [-0.2, -0.15) is 0 Å². The van der Waals surface area contributed by atoms with Gasteiger partial charge in [0.1, 0.15) is 0 Å². The highest BCUT2D eigenvalue weighted by molar-refractivity contribution is 7.80. The molecule has 0 aliphatic carbocycles. The number of terminal acetylenes is 1. The fourth-order valence-corrected chi connectivity index (χ4v) is 0.144. The van der Waals surface area contributed by atoms with Crippen LogP contribution in [-0.2, 0) is 0 Å². The molecule has 0 bridgehead atoms. The summed E-state index contributed by atoms with van der Waals surface area (Å²) < 4.78 is 0. The second-order valence-corrected chi connectivity index (χ2v) is 1.57. The number of hydrogen-bond acceptors (Lipinski definition) is 0. The van der Waals surface area contributed by atoms with Gasteiger partial charge < -0.3 is 0 Å². The molecule has 0 N–H and O–H groups in total. The molecule has 6 heavy (non-hydrogen) atoms. The van der Waals surface area contributed by atoms with E-state index in [2.05, 4.69) is 18.5 Å². The van der Waals surface area contributed by atoms with E-state index >= 15 is 0 Å². The molecule has 0 saturated carbocycles. The van der Waals surface area contributed by atoms with Crippen molar-refractivity contribution < 1.29 is 0 Å². The molecule has 1 heteroatoms. The summed E-state index contributed by atoms with van der Waals surface area (Å²) in [5.74, 6) is 3.47. The molecule has 0 nitrogen and oxygen atoms in total. The monoisotopic (exact) mass is 99.0 g/mol. The molecule has 1 unspecified atom stereocenters. The summed E-state index contributed by atoms with van der Waals surface area (Å²) in [5, 5.41) is 0. The van der Waals surface area contributed by atoms with Crippen LogP contribution < -0.4 is 0 Å². The molecule has 1 atom stereocenters. The first-order valence-corrected chi connectivity index (χ1v) is 2.43. The third-order valence-corrected chi connectivity index (χ3v) is 1.03. The average molecular weight is 99.2 g/mol. The van der Waals surface area contributed by atoms with Gasteiger partial charge in [-0.3, -0.25) is 0 Å². The van der Waals surface area contributed by atoms with E-state index in [9.17, 15) is 0 Å². The van der Waals surface area contributed by atoms with Gasteiger partial charge in [0.2, 0.25) is 0 Å². The summed E-state index contributed by atoms with van der Waals surface area (Å²) in [6.45, 7) is 1.94. The van der Waals surface area contributed by atoms with Crippen LogP contribution in [0.25, 0.3) is 0 Å². The van der Waals surface area contributed by atoms with Crippen LogP contribution in [0, 0.1) is 18.3 Å². The average Bonchev–Trinajstić information content (AvgIpc) is 1.65. The molecule has 0 heterocycles. The van der Waals surface area contributed by atoms with E-state index in [1.807, 2.05) is 6.92 Å². The SMILES string of the molecule is C#CC(C)C[S]. The molecule has 1 radical (unpaired) electrons. The Kier molecular flexibility index (Phi) is 3.07. The van der Waals surface area contributed by atoms with E-state index in [0.29, 0.717) is 5.75 Å². The summed E-state index contributed by atoms with van der Waals surface area (Å²) in [6, 6.07) is 0. The zero-order valence-corrected chi connectivity index (χ0v) is 4.59. The van der Waals surface area contributed by atoms with Gasteiger partial charge in [0, 0.05) is 11.7 Å². The lowest BCUT2D eigenvalue weighted by atomic mass is 10.2. The second kappa shape index (κ2) is 3.11. The van der Waals surface area contributed by atoms with Gasteiger partial charge in [0.25, 0.3) is 0 Å². The summed E-state index contributed by atoms with van der Waals surface area (Å²) >= 11 is 4.63. The van der Waals surface area contributed by atoms with E-state index in [1.54, 1.807) is 0 Å². The van der Waals surface area contributed by atoms with Gasteiger partial charge in [-0.15, -0.1) is 12.3 Å². The van der Waals surface area contributed by atoms with Crippen molar-refractivity contribution in [2.45, 2.75) is 6.92 Å². The predicted octanol–water partition coefficient (Wildman–Crippen LogP) is 1.45. The highest BCUT2D eigenvalue weighted by atomic mass is 32.1. The molecule has 0 spiro atoms. The van der Waals surface area contributed by atoms with Crippen molar-refractivity contribution in [3.8, 4) is 12.3 Å². The van der Waals surface area contributed by atoms with Crippen LogP contribution in [0.3, 0.4) is 0 Å². The Morgan fingerprint density at radius 1 is 2.00 bits per heavy atom. The van der Waals surface area contributed by atoms with Gasteiger partial charge >= 0.3 is 0 Å². The first-order chi connectivity index (χ1) is 2.81. The van der Waals surface area contributed by atoms with Crippen molar-refractivity contribution in [1.82, 2.24) is 0 Å². The molecule has 0 aromatic carbocycles. The molecule has 0 rings (SSSR count). The van der Waals surface area contributed by atoms with Crippen molar-refractivity contribution in [2.75, 3.05) is 5.75 Å².